The molecule has 2 fully saturated rings. The number of aromatic nitrogens is 3. The highest BCUT2D eigenvalue weighted by Crippen LogP contribution is 2.28. The minimum Gasteiger partial charge on any atom is -0.338 e. The highest BCUT2D eigenvalue weighted by Gasteiger charge is 2.34. The van der Waals surface area contributed by atoms with Crippen molar-refractivity contribution in [3.63, 3.8) is 0 Å². The highest BCUT2D eigenvalue weighted by atomic mass is 16.2. The molecule has 6 nitrogen and oxygen atoms in total. The number of hydrogen-bond donors (Lipinski definition) is 1. The minimum atomic E-state index is 0.179. The van der Waals surface area contributed by atoms with Gasteiger partial charge in [0.15, 0.2) is 0 Å². The zero-order valence-corrected chi connectivity index (χ0v) is 11.2. The third-order valence-electron chi connectivity index (χ3n) is 3.93. The van der Waals surface area contributed by atoms with Gasteiger partial charge < -0.3 is 10.2 Å². The Bertz CT molecular complexity index is 409. The standard InChI is InChI=1S/C13H21N5O/c19-13(8-17-10-15-9-16-17)18(12-3-4-12)7-11-2-1-5-14-6-11/h9-12,14H,1-8H2. The molecule has 0 bridgehead atoms. The van der Waals surface area contributed by atoms with Crippen molar-refractivity contribution in [2.24, 2.45) is 5.92 Å². The Morgan fingerprint density at radius 3 is 2.95 bits per heavy atom. The number of hydrogen-bond acceptors (Lipinski definition) is 4. The van der Waals surface area contributed by atoms with Crippen LogP contribution in [0, 0.1) is 5.92 Å². The molecule has 2 aliphatic rings. The van der Waals surface area contributed by atoms with Crippen molar-refractivity contribution in [3.05, 3.63) is 12.7 Å². The van der Waals surface area contributed by atoms with Crippen LogP contribution in [0.1, 0.15) is 25.7 Å². The Kier molecular flexibility index (Phi) is 3.77. The maximum Gasteiger partial charge on any atom is 0.244 e. The summed E-state index contributed by atoms with van der Waals surface area (Å²) in [6.45, 7) is 3.37. The van der Waals surface area contributed by atoms with Gasteiger partial charge in [0.25, 0.3) is 0 Å². The summed E-state index contributed by atoms with van der Waals surface area (Å²) in [5.74, 6) is 0.785. The summed E-state index contributed by atoms with van der Waals surface area (Å²) in [5, 5.41) is 7.43. The van der Waals surface area contributed by atoms with Crippen molar-refractivity contribution in [1.82, 2.24) is 25.0 Å². The van der Waals surface area contributed by atoms with E-state index >= 15 is 0 Å². The molecule has 1 unspecified atom stereocenters. The molecular formula is C13H21N5O. The quantitative estimate of drug-likeness (QED) is 0.828. The van der Waals surface area contributed by atoms with E-state index in [1.807, 2.05) is 0 Å². The first-order valence-electron chi connectivity index (χ1n) is 7.15. The monoisotopic (exact) mass is 263 g/mol. The lowest BCUT2D eigenvalue weighted by Crippen LogP contribution is -2.43. The molecule has 1 atom stereocenters. The van der Waals surface area contributed by atoms with E-state index in [1.165, 1.54) is 19.2 Å². The molecule has 1 aromatic heterocycles. The number of rotatable bonds is 5. The predicted octanol–water partition coefficient (Wildman–Crippen LogP) is 0.269. The second-order valence-corrected chi connectivity index (χ2v) is 5.58. The van der Waals surface area contributed by atoms with Crippen LogP contribution >= 0.6 is 0 Å². The predicted molar refractivity (Wildman–Crippen MR) is 70.4 cm³/mol. The molecule has 1 N–H and O–H groups in total. The second-order valence-electron chi connectivity index (χ2n) is 5.58. The molecule has 1 aliphatic heterocycles. The zero-order valence-electron chi connectivity index (χ0n) is 11.2. The summed E-state index contributed by atoms with van der Waals surface area (Å²) < 4.78 is 1.61. The van der Waals surface area contributed by atoms with Gasteiger partial charge in [0, 0.05) is 12.6 Å². The van der Waals surface area contributed by atoms with Gasteiger partial charge in [-0.15, -0.1) is 0 Å². The van der Waals surface area contributed by atoms with Crippen molar-refractivity contribution >= 4 is 5.91 Å². The SMILES string of the molecule is O=C(Cn1cncn1)N(CC1CCCNC1)C1CC1. The van der Waals surface area contributed by atoms with Gasteiger partial charge in [-0.25, -0.2) is 9.67 Å². The van der Waals surface area contributed by atoms with Crippen LogP contribution < -0.4 is 5.32 Å². The molecule has 104 valence electrons. The second kappa shape index (κ2) is 5.69. The molecular weight excluding hydrogens is 242 g/mol. The molecule has 6 heteroatoms. The molecule has 0 spiro atoms. The van der Waals surface area contributed by atoms with Gasteiger partial charge in [-0.1, -0.05) is 0 Å². The van der Waals surface area contributed by atoms with Crippen LogP contribution in [0.25, 0.3) is 0 Å². The van der Waals surface area contributed by atoms with E-state index in [4.69, 9.17) is 0 Å². The van der Waals surface area contributed by atoms with E-state index < -0.39 is 0 Å². The molecule has 1 aromatic rings. The lowest BCUT2D eigenvalue weighted by Gasteiger charge is -2.30. The van der Waals surface area contributed by atoms with Crippen molar-refractivity contribution in [1.29, 1.82) is 0 Å². The smallest absolute Gasteiger partial charge is 0.244 e. The summed E-state index contributed by atoms with van der Waals surface area (Å²) >= 11 is 0. The van der Waals surface area contributed by atoms with Crippen LogP contribution in [0.15, 0.2) is 12.7 Å². The van der Waals surface area contributed by atoms with Gasteiger partial charge in [0.1, 0.15) is 19.2 Å². The van der Waals surface area contributed by atoms with Crippen LogP contribution in [-0.2, 0) is 11.3 Å². The first-order valence-corrected chi connectivity index (χ1v) is 7.15. The van der Waals surface area contributed by atoms with Crippen LogP contribution in [-0.4, -0.2) is 51.2 Å². The molecule has 19 heavy (non-hydrogen) atoms. The topological polar surface area (TPSA) is 63.1 Å². The molecule has 0 aromatic carbocycles. The van der Waals surface area contributed by atoms with Crippen LogP contribution in [0.4, 0.5) is 0 Å². The van der Waals surface area contributed by atoms with E-state index in [1.54, 1.807) is 11.0 Å². The summed E-state index contributed by atoms with van der Waals surface area (Å²) in [5.41, 5.74) is 0. The third kappa shape index (κ3) is 3.32. The first kappa shape index (κ1) is 12.6. The summed E-state index contributed by atoms with van der Waals surface area (Å²) in [4.78, 5) is 18.3. The number of nitrogens with zero attached hydrogens (tertiary/aromatic N) is 4. The van der Waals surface area contributed by atoms with Gasteiger partial charge in [-0.05, 0) is 44.7 Å². The molecule has 1 saturated heterocycles. The number of amides is 1. The van der Waals surface area contributed by atoms with Crippen LogP contribution in [0.2, 0.25) is 0 Å². The fraction of sp³-hybridized carbons (Fsp3) is 0.769. The Morgan fingerprint density at radius 1 is 1.42 bits per heavy atom. The normalized spacial score (nSPS) is 23.3. The van der Waals surface area contributed by atoms with Gasteiger partial charge in [-0.2, -0.15) is 5.10 Å². The summed E-state index contributed by atoms with van der Waals surface area (Å²) in [6, 6.07) is 0.470. The van der Waals surface area contributed by atoms with Crippen molar-refractivity contribution in [2.75, 3.05) is 19.6 Å². The fourth-order valence-corrected chi connectivity index (χ4v) is 2.74. The largest absolute Gasteiger partial charge is 0.338 e. The Balaban J connectivity index is 1.58. The Hall–Kier alpha value is -1.43. The minimum absolute atomic E-state index is 0.179. The molecule has 2 heterocycles. The number of piperidine rings is 1. The molecule has 1 amide bonds. The maximum atomic E-state index is 12.4. The van der Waals surface area contributed by atoms with Gasteiger partial charge >= 0.3 is 0 Å². The number of carbonyl (C=O) groups excluding carboxylic acids is 1. The zero-order chi connectivity index (χ0) is 13.1. The van der Waals surface area contributed by atoms with Crippen molar-refractivity contribution in [2.45, 2.75) is 38.3 Å². The molecule has 1 saturated carbocycles. The maximum absolute atomic E-state index is 12.4. The Morgan fingerprint density at radius 2 is 2.32 bits per heavy atom. The molecule has 3 rings (SSSR count). The van der Waals surface area contributed by atoms with Crippen LogP contribution in [0.5, 0.6) is 0 Å². The first-order chi connectivity index (χ1) is 9.33. The number of nitrogens with one attached hydrogen (secondary N) is 1. The van der Waals surface area contributed by atoms with Gasteiger partial charge in [-0.3, -0.25) is 4.79 Å². The van der Waals surface area contributed by atoms with E-state index in [9.17, 15) is 4.79 Å². The fourth-order valence-electron chi connectivity index (χ4n) is 2.74. The van der Waals surface area contributed by atoms with E-state index in [0.29, 0.717) is 18.5 Å². The lowest BCUT2D eigenvalue weighted by molar-refractivity contribution is -0.133. The van der Waals surface area contributed by atoms with Crippen molar-refractivity contribution in [3.8, 4) is 0 Å². The van der Waals surface area contributed by atoms with E-state index in [-0.39, 0.29) is 5.91 Å². The van der Waals surface area contributed by atoms with E-state index in [2.05, 4.69) is 20.3 Å². The van der Waals surface area contributed by atoms with Crippen molar-refractivity contribution < 1.29 is 4.79 Å². The van der Waals surface area contributed by atoms with Gasteiger partial charge in [0.2, 0.25) is 5.91 Å². The summed E-state index contributed by atoms with van der Waals surface area (Å²) in [6.07, 6.45) is 7.84. The Labute approximate surface area is 113 Å². The van der Waals surface area contributed by atoms with E-state index in [0.717, 1.165) is 32.5 Å². The lowest BCUT2D eigenvalue weighted by atomic mass is 9.99. The van der Waals surface area contributed by atoms with Crippen LogP contribution in [0.3, 0.4) is 0 Å². The molecule has 1 aliphatic carbocycles. The molecule has 0 radical (unpaired) electrons. The summed E-state index contributed by atoms with van der Waals surface area (Å²) in [7, 11) is 0. The van der Waals surface area contributed by atoms with Gasteiger partial charge in [0.05, 0.1) is 0 Å². The highest BCUT2D eigenvalue weighted by molar-refractivity contribution is 5.76. The number of carbonyl (C=O) groups is 1. The average Bonchev–Trinajstić information content (AvgIpc) is 3.15. The third-order valence-corrected chi connectivity index (χ3v) is 3.93. The average molecular weight is 263 g/mol.